The SMILES string of the molecule is O=C(Nc1cccc(I)c1)c1cc(C2CC2)on1. The van der Waals surface area contributed by atoms with E-state index in [9.17, 15) is 4.79 Å². The van der Waals surface area contributed by atoms with Crippen molar-refractivity contribution in [2.24, 2.45) is 0 Å². The number of hydrogen-bond acceptors (Lipinski definition) is 3. The number of benzene rings is 1. The lowest BCUT2D eigenvalue weighted by molar-refractivity contribution is 0.101. The summed E-state index contributed by atoms with van der Waals surface area (Å²) in [5, 5.41) is 6.61. The Labute approximate surface area is 118 Å². The molecule has 1 N–H and O–H groups in total. The molecule has 3 rings (SSSR count). The van der Waals surface area contributed by atoms with Crippen molar-refractivity contribution in [3.05, 3.63) is 45.4 Å². The number of nitrogens with zero attached hydrogens (tertiary/aromatic N) is 1. The first-order valence-corrected chi connectivity index (χ1v) is 6.84. The average Bonchev–Trinajstić information content (AvgIpc) is 3.07. The van der Waals surface area contributed by atoms with Crippen LogP contribution in [0, 0.1) is 3.57 Å². The Hall–Kier alpha value is -1.37. The van der Waals surface area contributed by atoms with Crippen molar-refractivity contribution in [2.75, 3.05) is 5.32 Å². The molecule has 0 bridgehead atoms. The summed E-state index contributed by atoms with van der Waals surface area (Å²) in [5.41, 5.74) is 1.11. The smallest absolute Gasteiger partial charge is 0.277 e. The molecule has 18 heavy (non-hydrogen) atoms. The van der Waals surface area contributed by atoms with E-state index in [0.717, 1.165) is 27.9 Å². The Morgan fingerprint density at radius 2 is 2.22 bits per heavy atom. The molecular weight excluding hydrogens is 343 g/mol. The second-order valence-electron chi connectivity index (χ2n) is 4.35. The van der Waals surface area contributed by atoms with Gasteiger partial charge in [-0.05, 0) is 53.6 Å². The molecule has 1 aliphatic carbocycles. The highest BCUT2D eigenvalue weighted by molar-refractivity contribution is 14.1. The van der Waals surface area contributed by atoms with Crippen LogP contribution in [0.5, 0.6) is 0 Å². The molecule has 1 aromatic carbocycles. The van der Waals surface area contributed by atoms with Crippen molar-refractivity contribution in [3.63, 3.8) is 0 Å². The van der Waals surface area contributed by atoms with E-state index in [1.807, 2.05) is 24.3 Å². The molecule has 1 aliphatic rings. The van der Waals surface area contributed by atoms with Gasteiger partial charge in [-0.3, -0.25) is 4.79 Å². The standard InChI is InChI=1S/C13H11IN2O2/c14-9-2-1-3-10(6-9)15-13(17)11-7-12(18-16-11)8-4-5-8/h1-3,6-8H,4-5H2,(H,15,17). The van der Waals surface area contributed by atoms with Crippen LogP contribution < -0.4 is 5.32 Å². The Balaban J connectivity index is 1.73. The maximum Gasteiger partial charge on any atom is 0.277 e. The molecule has 1 saturated carbocycles. The van der Waals surface area contributed by atoms with Crippen LogP contribution in [0.4, 0.5) is 5.69 Å². The highest BCUT2D eigenvalue weighted by atomic mass is 127. The number of amides is 1. The number of carbonyl (C=O) groups is 1. The zero-order valence-corrected chi connectivity index (χ0v) is 11.7. The molecular formula is C13H11IN2O2. The van der Waals surface area contributed by atoms with Gasteiger partial charge in [0.2, 0.25) is 0 Å². The third kappa shape index (κ3) is 2.55. The number of nitrogens with one attached hydrogen (secondary N) is 1. The average molecular weight is 354 g/mol. The van der Waals surface area contributed by atoms with Gasteiger partial charge < -0.3 is 9.84 Å². The Kier molecular flexibility index (Phi) is 3.07. The third-order valence-electron chi connectivity index (χ3n) is 2.82. The normalized spacial score (nSPS) is 14.5. The van der Waals surface area contributed by atoms with Gasteiger partial charge in [0, 0.05) is 21.2 Å². The largest absolute Gasteiger partial charge is 0.360 e. The molecule has 1 heterocycles. The van der Waals surface area contributed by atoms with Crippen molar-refractivity contribution < 1.29 is 9.32 Å². The van der Waals surface area contributed by atoms with Gasteiger partial charge in [-0.25, -0.2) is 0 Å². The second-order valence-corrected chi connectivity index (χ2v) is 5.60. The Morgan fingerprint density at radius 3 is 2.94 bits per heavy atom. The van der Waals surface area contributed by atoms with Gasteiger partial charge in [-0.2, -0.15) is 0 Å². The van der Waals surface area contributed by atoms with Crippen LogP contribution in [-0.2, 0) is 0 Å². The van der Waals surface area contributed by atoms with Gasteiger partial charge >= 0.3 is 0 Å². The lowest BCUT2D eigenvalue weighted by Crippen LogP contribution is -2.12. The molecule has 1 aromatic heterocycles. The first-order chi connectivity index (χ1) is 8.72. The number of anilines is 1. The zero-order chi connectivity index (χ0) is 12.5. The summed E-state index contributed by atoms with van der Waals surface area (Å²) in [6.45, 7) is 0. The number of aromatic nitrogens is 1. The molecule has 0 radical (unpaired) electrons. The molecule has 0 atom stereocenters. The molecule has 2 aromatic rings. The fraction of sp³-hybridized carbons (Fsp3) is 0.231. The number of hydrogen-bond donors (Lipinski definition) is 1. The maximum absolute atomic E-state index is 11.9. The van der Waals surface area contributed by atoms with Crippen molar-refractivity contribution >= 4 is 34.2 Å². The third-order valence-corrected chi connectivity index (χ3v) is 3.49. The van der Waals surface area contributed by atoms with E-state index in [4.69, 9.17) is 4.52 Å². The molecule has 0 aliphatic heterocycles. The van der Waals surface area contributed by atoms with Gasteiger partial charge in [0.05, 0.1) is 0 Å². The molecule has 1 fully saturated rings. The van der Waals surface area contributed by atoms with E-state index in [1.54, 1.807) is 6.07 Å². The van der Waals surface area contributed by atoms with Crippen molar-refractivity contribution in [1.29, 1.82) is 0 Å². The highest BCUT2D eigenvalue weighted by Gasteiger charge is 2.28. The molecule has 1 amide bonds. The van der Waals surface area contributed by atoms with Crippen molar-refractivity contribution in [2.45, 2.75) is 18.8 Å². The van der Waals surface area contributed by atoms with Crippen LogP contribution in [0.1, 0.15) is 35.0 Å². The predicted molar refractivity (Wildman–Crippen MR) is 75.6 cm³/mol. The summed E-state index contributed by atoms with van der Waals surface area (Å²) in [7, 11) is 0. The van der Waals surface area contributed by atoms with E-state index in [2.05, 4.69) is 33.1 Å². The Morgan fingerprint density at radius 1 is 1.39 bits per heavy atom. The van der Waals surface area contributed by atoms with Crippen molar-refractivity contribution in [1.82, 2.24) is 5.16 Å². The maximum atomic E-state index is 11.9. The fourth-order valence-electron chi connectivity index (χ4n) is 1.72. The quantitative estimate of drug-likeness (QED) is 0.860. The summed E-state index contributed by atoms with van der Waals surface area (Å²) >= 11 is 2.20. The minimum absolute atomic E-state index is 0.229. The molecule has 5 heteroatoms. The van der Waals surface area contributed by atoms with Gasteiger partial charge in [-0.1, -0.05) is 11.2 Å². The minimum atomic E-state index is -0.229. The van der Waals surface area contributed by atoms with Crippen LogP contribution in [0.3, 0.4) is 0 Å². The lowest BCUT2D eigenvalue weighted by Gasteiger charge is -2.02. The van der Waals surface area contributed by atoms with Gasteiger partial charge in [0.15, 0.2) is 5.69 Å². The molecule has 0 unspecified atom stereocenters. The van der Waals surface area contributed by atoms with E-state index in [-0.39, 0.29) is 5.91 Å². The number of halogens is 1. The van der Waals surface area contributed by atoms with Crippen LogP contribution >= 0.6 is 22.6 Å². The van der Waals surface area contributed by atoms with Crippen LogP contribution in [0.2, 0.25) is 0 Å². The monoisotopic (exact) mass is 354 g/mol. The van der Waals surface area contributed by atoms with Crippen LogP contribution in [0.15, 0.2) is 34.9 Å². The van der Waals surface area contributed by atoms with Gasteiger partial charge in [-0.15, -0.1) is 0 Å². The van der Waals surface area contributed by atoms with Gasteiger partial charge in [0.25, 0.3) is 5.91 Å². The summed E-state index contributed by atoms with van der Waals surface area (Å²) in [6, 6.07) is 9.36. The van der Waals surface area contributed by atoms with E-state index >= 15 is 0 Å². The molecule has 92 valence electrons. The number of rotatable bonds is 3. The first-order valence-electron chi connectivity index (χ1n) is 5.76. The van der Waals surface area contributed by atoms with Crippen LogP contribution in [0.25, 0.3) is 0 Å². The highest BCUT2D eigenvalue weighted by Crippen LogP contribution is 2.40. The van der Waals surface area contributed by atoms with E-state index in [0.29, 0.717) is 11.6 Å². The summed E-state index contributed by atoms with van der Waals surface area (Å²) in [4.78, 5) is 11.9. The fourth-order valence-corrected chi connectivity index (χ4v) is 2.26. The van der Waals surface area contributed by atoms with E-state index < -0.39 is 0 Å². The topological polar surface area (TPSA) is 55.1 Å². The molecule has 0 saturated heterocycles. The predicted octanol–water partition coefficient (Wildman–Crippen LogP) is 3.41. The molecule has 0 spiro atoms. The zero-order valence-electron chi connectivity index (χ0n) is 9.52. The second kappa shape index (κ2) is 4.72. The number of carbonyl (C=O) groups excluding carboxylic acids is 1. The summed E-state index contributed by atoms with van der Waals surface area (Å²) in [6.07, 6.45) is 2.26. The molecule has 4 nitrogen and oxygen atoms in total. The van der Waals surface area contributed by atoms with Crippen molar-refractivity contribution in [3.8, 4) is 0 Å². The lowest BCUT2D eigenvalue weighted by atomic mass is 10.2. The van der Waals surface area contributed by atoms with Crippen LogP contribution in [-0.4, -0.2) is 11.1 Å². The summed E-state index contributed by atoms with van der Waals surface area (Å²) in [5.74, 6) is 1.06. The van der Waals surface area contributed by atoms with Gasteiger partial charge in [0.1, 0.15) is 5.76 Å². The minimum Gasteiger partial charge on any atom is -0.360 e. The summed E-state index contributed by atoms with van der Waals surface area (Å²) < 4.78 is 6.23. The Bertz CT molecular complexity index is 590. The first kappa shape index (κ1) is 11.7. The van der Waals surface area contributed by atoms with E-state index in [1.165, 1.54) is 0 Å².